The van der Waals surface area contributed by atoms with Gasteiger partial charge in [0.25, 0.3) is 0 Å². The van der Waals surface area contributed by atoms with Crippen molar-refractivity contribution in [1.82, 2.24) is 0 Å². The van der Waals surface area contributed by atoms with Crippen molar-refractivity contribution in [3.05, 3.63) is 69.5 Å². The zero-order chi connectivity index (χ0) is 13.3. The fraction of sp³-hybridized carbons (Fsp3) is 0.200. The predicted molar refractivity (Wildman–Crippen MR) is 73.4 cm³/mol. The van der Waals surface area contributed by atoms with Crippen LogP contribution in [0.1, 0.15) is 28.3 Å². The summed E-state index contributed by atoms with van der Waals surface area (Å²) in [6, 6.07) is 10.1. The van der Waals surface area contributed by atoms with E-state index < -0.39 is 6.04 Å². The molecule has 0 aliphatic rings. The monoisotopic (exact) mass is 263 g/mol. The smallest absolute Gasteiger partial charge is 0.123 e. The number of aryl methyl sites for hydroxylation is 2. The minimum atomic E-state index is -0.410. The Morgan fingerprint density at radius 2 is 1.89 bits per heavy atom. The van der Waals surface area contributed by atoms with E-state index in [4.69, 9.17) is 17.3 Å². The lowest BCUT2D eigenvalue weighted by Crippen LogP contribution is -2.13. The van der Waals surface area contributed by atoms with Gasteiger partial charge in [0.1, 0.15) is 5.82 Å². The van der Waals surface area contributed by atoms with E-state index in [0.29, 0.717) is 5.02 Å². The first-order chi connectivity index (χ1) is 8.49. The molecule has 0 bridgehead atoms. The van der Waals surface area contributed by atoms with Gasteiger partial charge in [0, 0.05) is 5.02 Å². The van der Waals surface area contributed by atoms with Crippen LogP contribution in [0.4, 0.5) is 4.39 Å². The summed E-state index contributed by atoms with van der Waals surface area (Å²) in [5, 5.41) is 0.645. The molecule has 0 aliphatic heterocycles. The Hall–Kier alpha value is -1.38. The number of hydrogen-bond acceptors (Lipinski definition) is 1. The number of hydrogen-bond donors (Lipinski definition) is 1. The highest BCUT2D eigenvalue weighted by Crippen LogP contribution is 2.29. The van der Waals surface area contributed by atoms with Crippen LogP contribution in [0.25, 0.3) is 0 Å². The fourth-order valence-electron chi connectivity index (χ4n) is 2.03. The molecule has 0 heterocycles. The fourth-order valence-corrected chi connectivity index (χ4v) is 2.28. The van der Waals surface area contributed by atoms with Gasteiger partial charge in [-0.3, -0.25) is 0 Å². The molecule has 0 radical (unpaired) electrons. The van der Waals surface area contributed by atoms with Crippen LogP contribution < -0.4 is 5.73 Å². The molecule has 0 amide bonds. The molecule has 18 heavy (non-hydrogen) atoms. The lowest BCUT2D eigenvalue weighted by molar-refractivity contribution is 0.622. The van der Waals surface area contributed by atoms with Crippen LogP contribution >= 0.6 is 11.6 Å². The van der Waals surface area contributed by atoms with Gasteiger partial charge in [0.15, 0.2) is 0 Å². The quantitative estimate of drug-likeness (QED) is 0.866. The molecule has 1 nitrogen and oxygen atoms in total. The largest absolute Gasteiger partial charge is 0.320 e. The van der Waals surface area contributed by atoms with E-state index in [1.54, 1.807) is 0 Å². The molecule has 0 aliphatic carbocycles. The van der Waals surface area contributed by atoms with E-state index in [0.717, 1.165) is 22.3 Å². The van der Waals surface area contributed by atoms with Crippen LogP contribution in [-0.2, 0) is 0 Å². The van der Waals surface area contributed by atoms with Gasteiger partial charge in [-0.1, -0.05) is 35.9 Å². The number of halogens is 2. The van der Waals surface area contributed by atoms with E-state index in [1.165, 1.54) is 12.1 Å². The van der Waals surface area contributed by atoms with Crippen molar-refractivity contribution in [2.75, 3.05) is 0 Å². The lowest BCUT2D eigenvalue weighted by atomic mass is 9.97. The topological polar surface area (TPSA) is 26.0 Å². The van der Waals surface area contributed by atoms with E-state index >= 15 is 0 Å². The zero-order valence-corrected chi connectivity index (χ0v) is 11.1. The van der Waals surface area contributed by atoms with Crippen molar-refractivity contribution >= 4 is 11.6 Å². The van der Waals surface area contributed by atoms with Crippen molar-refractivity contribution in [1.29, 1.82) is 0 Å². The molecule has 0 saturated heterocycles. The second-order valence-corrected chi connectivity index (χ2v) is 4.90. The van der Waals surface area contributed by atoms with Gasteiger partial charge in [-0.25, -0.2) is 4.39 Å². The Morgan fingerprint density at radius 3 is 2.56 bits per heavy atom. The maximum Gasteiger partial charge on any atom is 0.123 e. The summed E-state index contributed by atoms with van der Waals surface area (Å²) in [5.41, 5.74) is 9.55. The SMILES string of the molecule is Cc1cc(F)cc(C(N)c2cccc(C)c2Cl)c1. The van der Waals surface area contributed by atoms with Crippen molar-refractivity contribution in [2.45, 2.75) is 19.9 Å². The van der Waals surface area contributed by atoms with E-state index in [2.05, 4.69) is 0 Å². The lowest BCUT2D eigenvalue weighted by Gasteiger charge is -2.16. The molecule has 0 aromatic heterocycles. The van der Waals surface area contributed by atoms with Crippen LogP contribution in [0.2, 0.25) is 5.02 Å². The van der Waals surface area contributed by atoms with E-state index in [1.807, 2.05) is 38.1 Å². The molecular weight excluding hydrogens is 249 g/mol. The van der Waals surface area contributed by atoms with E-state index in [9.17, 15) is 4.39 Å². The molecule has 2 aromatic carbocycles. The van der Waals surface area contributed by atoms with Crippen LogP contribution in [0, 0.1) is 19.7 Å². The van der Waals surface area contributed by atoms with Gasteiger partial charge in [0.2, 0.25) is 0 Å². The minimum absolute atomic E-state index is 0.274. The summed E-state index contributed by atoms with van der Waals surface area (Å²) in [6.07, 6.45) is 0. The molecule has 0 spiro atoms. The molecular formula is C15H15ClFN. The third-order valence-corrected chi connectivity index (χ3v) is 3.50. The third-order valence-electron chi connectivity index (χ3n) is 2.98. The molecule has 2 aromatic rings. The minimum Gasteiger partial charge on any atom is -0.320 e. The molecule has 0 saturated carbocycles. The van der Waals surface area contributed by atoms with Crippen molar-refractivity contribution in [2.24, 2.45) is 5.73 Å². The predicted octanol–water partition coefficient (Wildman–Crippen LogP) is 4.14. The second-order valence-electron chi connectivity index (χ2n) is 4.52. The summed E-state index contributed by atoms with van der Waals surface area (Å²) in [7, 11) is 0. The van der Waals surface area contributed by atoms with Crippen LogP contribution in [-0.4, -0.2) is 0 Å². The second kappa shape index (κ2) is 5.09. The van der Waals surface area contributed by atoms with Gasteiger partial charge in [-0.15, -0.1) is 0 Å². The van der Waals surface area contributed by atoms with Gasteiger partial charge in [-0.05, 0) is 48.2 Å². The zero-order valence-electron chi connectivity index (χ0n) is 10.4. The first-order valence-corrected chi connectivity index (χ1v) is 6.14. The summed E-state index contributed by atoms with van der Waals surface area (Å²) >= 11 is 6.24. The number of rotatable bonds is 2. The summed E-state index contributed by atoms with van der Waals surface area (Å²) < 4.78 is 13.4. The number of benzene rings is 2. The summed E-state index contributed by atoms with van der Waals surface area (Å²) in [4.78, 5) is 0. The normalized spacial score (nSPS) is 12.5. The average molecular weight is 264 g/mol. The van der Waals surface area contributed by atoms with Gasteiger partial charge in [-0.2, -0.15) is 0 Å². The summed E-state index contributed by atoms with van der Waals surface area (Å²) in [5.74, 6) is -0.274. The Bertz CT molecular complexity index is 560. The third kappa shape index (κ3) is 2.55. The first-order valence-electron chi connectivity index (χ1n) is 5.76. The highest BCUT2D eigenvalue weighted by molar-refractivity contribution is 6.32. The highest BCUT2D eigenvalue weighted by Gasteiger charge is 2.14. The van der Waals surface area contributed by atoms with Crippen LogP contribution in [0.5, 0.6) is 0 Å². The van der Waals surface area contributed by atoms with Crippen molar-refractivity contribution in [3.63, 3.8) is 0 Å². The molecule has 2 N–H and O–H groups in total. The molecule has 1 atom stereocenters. The van der Waals surface area contributed by atoms with Crippen LogP contribution in [0.3, 0.4) is 0 Å². The maximum atomic E-state index is 13.4. The van der Waals surface area contributed by atoms with Gasteiger partial charge in [0.05, 0.1) is 6.04 Å². The Balaban J connectivity index is 2.47. The molecule has 1 unspecified atom stereocenters. The van der Waals surface area contributed by atoms with Crippen LogP contribution in [0.15, 0.2) is 36.4 Å². The molecule has 3 heteroatoms. The highest BCUT2D eigenvalue weighted by atomic mass is 35.5. The maximum absolute atomic E-state index is 13.4. The standard InChI is InChI=1S/C15H15ClFN/c1-9-6-11(8-12(17)7-9)15(18)13-5-3-4-10(2)14(13)16/h3-8,15H,18H2,1-2H3. The van der Waals surface area contributed by atoms with E-state index in [-0.39, 0.29) is 5.82 Å². The Kier molecular flexibility index (Phi) is 3.69. The molecule has 0 fully saturated rings. The Morgan fingerprint density at radius 1 is 1.17 bits per heavy atom. The Labute approximate surface area is 111 Å². The average Bonchev–Trinajstić information content (AvgIpc) is 2.30. The molecule has 94 valence electrons. The van der Waals surface area contributed by atoms with Crippen molar-refractivity contribution in [3.8, 4) is 0 Å². The van der Waals surface area contributed by atoms with Crippen molar-refractivity contribution < 1.29 is 4.39 Å². The molecule has 2 rings (SSSR count). The van der Waals surface area contributed by atoms with Gasteiger partial charge >= 0.3 is 0 Å². The first kappa shape index (κ1) is 13.1. The van der Waals surface area contributed by atoms with Gasteiger partial charge < -0.3 is 5.73 Å². The number of nitrogens with two attached hydrogens (primary N) is 1. The summed E-state index contributed by atoms with van der Waals surface area (Å²) in [6.45, 7) is 3.77.